The Morgan fingerprint density at radius 2 is 2.15 bits per heavy atom. The number of halogens is 1. The number of methoxy groups -OCH3 is 1. The molecule has 4 heteroatoms. The van der Waals surface area contributed by atoms with Gasteiger partial charge in [0.25, 0.3) is 0 Å². The average molecular weight is 264 g/mol. The lowest BCUT2D eigenvalue weighted by molar-refractivity contribution is 0.0806. The van der Waals surface area contributed by atoms with Crippen LogP contribution < -0.4 is 5.32 Å². The summed E-state index contributed by atoms with van der Waals surface area (Å²) in [7, 11) is 1.70. The number of thiophene rings is 1. The fourth-order valence-electron chi connectivity index (χ4n) is 1.06. The highest BCUT2D eigenvalue weighted by Gasteiger charge is 2.10. The first-order valence-electron chi connectivity index (χ1n) is 4.17. The van der Waals surface area contributed by atoms with Gasteiger partial charge in [-0.25, -0.2) is 0 Å². The van der Waals surface area contributed by atoms with Gasteiger partial charge in [-0.15, -0.1) is 11.3 Å². The summed E-state index contributed by atoms with van der Waals surface area (Å²) in [6.07, 6.45) is 0.0934. The predicted octanol–water partition coefficient (Wildman–Crippen LogP) is 3.15. The Kier molecular flexibility index (Phi) is 4.38. The van der Waals surface area contributed by atoms with Gasteiger partial charge in [-0.1, -0.05) is 0 Å². The molecule has 2 atom stereocenters. The second-order valence-electron chi connectivity index (χ2n) is 2.91. The first kappa shape index (κ1) is 11.2. The van der Waals surface area contributed by atoms with Crippen molar-refractivity contribution in [3.05, 3.63) is 20.8 Å². The van der Waals surface area contributed by atoms with Crippen LogP contribution in [0, 0.1) is 0 Å². The van der Waals surface area contributed by atoms with Gasteiger partial charge in [-0.2, -0.15) is 0 Å². The van der Waals surface area contributed by atoms with E-state index in [4.69, 9.17) is 4.74 Å². The first-order valence-corrected chi connectivity index (χ1v) is 5.78. The molecule has 1 N–H and O–H groups in total. The Labute approximate surface area is 91.4 Å². The Morgan fingerprint density at radius 3 is 2.62 bits per heavy atom. The van der Waals surface area contributed by atoms with E-state index >= 15 is 0 Å². The molecule has 0 aliphatic heterocycles. The molecule has 0 fully saturated rings. The molecule has 1 aromatic rings. The molecule has 0 saturated carbocycles. The zero-order chi connectivity index (χ0) is 9.84. The molecule has 0 bridgehead atoms. The van der Waals surface area contributed by atoms with E-state index in [2.05, 4.69) is 40.3 Å². The Morgan fingerprint density at radius 1 is 1.46 bits per heavy atom. The highest BCUT2D eigenvalue weighted by atomic mass is 79.9. The molecule has 74 valence electrons. The smallest absolute Gasteiger partial charge is 0.105 e. The second-order valence-corrected chi connectivity index (χ2v) is 5.40. The van der Waals surface area contributed by atoms with Crippen LogP contribution in [0.25, 0.3) is 0 Å². The Bertz CT molecular complexity index is 264. The fraction of sp³-hybridized carbons (Fsp3) is 0.556. The highest BCUT2D eigenvalue weighted by Crippen LogP contribution is 2.27. The van der Waals surface area contributed by atoms with Crippen molar-refractivity contribution >= 4 is 27.3 Å². The monoisotopic (exact) mass is 263 g/mol. The zero-order valence-corrected chi connectivity index (χ0v) is 10.4. The number of nitrogens with one attached hydrogen (secondary N) is 1. The van der Waals surface area contributed by atoms with Crippen molar-refractivity contribution in [1.29, 1.82) is 0 Å². The maximum atomic E-state index is 5.13. The van der Waals surface area contributed by atoms with Gasteiger partial charge in [0.1, 0.15) is 6.23 Å². The molecule has 0 aliphatic rings. The SMILES string of the molecule is COC(C)N[C@H](C)c1ccc(Br)s1. The molecule has 1 rings (SSSR count). The number of hydrogen-bond acceptors (Lipinski definition) is 3. The van der Waals surface area contributed by atoms with Crippen molar-refractivity contribution < 1.29 is 4.74 Å². The summed E-state index contributed by atoms with van der Waals surface area (Å²) in [5.41, 5.74) is 0. The molecule has 1 aromatic heterocycles. The normalized spacial score (nSPS) is 15.7. The summed E-state index contributed by atoms with van der Waals surface area (Å²) in [6.45, 7) is 4.13. The van der Waals surface area contributed by atoms with Gasteiger partial charge in [-0.05, 0) is 41.9 Å². The van der Waals surface area contributed by atoms with E-state index in [-0.39, 0.29) is 6.23 Å². The van der Waals surface area contributed by atoms with Gasteiger partial charge in [-0.3, -0.25) is 5.32 Å². The van der Waals surface area contributed by atoms with Gasteiger partial charge in [0.05, 0.1) is 3.79 Å². The van der Waals surface area contributed by atoms with Crippen molar-refractivity contribution in [2.24, 2.45) is 0 Å². The summed E-state index contributed by atoms with van der Waals surface area (Å²) < 4.78 is 6.30. The number of ether oxygens (including phenoxy) is 1. The summed E-state index contributed by atoms with van der Waals surface area (Å²) in [6, 6.07) is 4.52. The molecule has 0 saturated heterocycles. The molecule has 0 aliphatic carbocycles. The predicted molar refractivity (Wildman–Crippen MR) is 60.0 cm³/mol. The fourth-order valence-corrected chi connectivity index (χ4v) is 2.50. The second kappa shape index (κ2) is 5.10. The minimum Gasteiger partial charge on any atom is -0.367 e. The van der Waals surface area contributed by atoms with Crippen LogP contribution in [0.15, 0.2) is 15.9 Å². The van der Waals surface area contributed by atoms with Crippen molar-refractivity contribution in [2.75, 3.05) is 7.11 Å². The van der Waals surface area contributed by atoms with Crippen LogP contribution in [0.2, 0.25) is 0 Å². The molecular formula is C9H14BrNOS. The van der Waals surface area contributed by atoms with E-state index in [9.17, 15) is 0 Å². The standard InChI is InChI=1S/C9H14BrNOS/c1-6(11-7(2)12-3)8-4-5-9(10)13-8/h4-7,11H,1-3H3/t6-,7?/m1/s1. The molecule has 13 heavy (non-hydrogen) atoms. The van der Waals surface area contributed by atoms with Crippen molar-refractivity contribution in [2.45, 2.75) is 26.1 Å². The largest absolute Gasteiger partial charge is 0.367 e. The topological polar surface area (TPSA) is 21.3 Å². The van der Waals surface area contributed by atoms with E-state index < -0.39 is 0 Å². The molecular weight excluding hydrogens is 250 g/mol. The van der Waals surface area contributed by atoms with Gasteiger partial charge >= 0.3 is 0 Å². The molecule has 0 aromatic carbocycles. The third-order valence-corrected chi connectivity index (χ3v) is 3.67. The lowest BCUT2D eigenvalue weighted by Gasteiger charge is -2.17. The van der Waals surface area contributed by atoms with Crippen LogP contribution in [-0.2, 0) is 4.74 Å². The summed E-state index contributed by atoms with van der Waals surface area (Å²) in [5, 5.41) is 3.33. The minimum atomic E-state index is 0.0934. The quantitative estimate of drug-likeness (QED) is 0.843. The van der Waals surface area contributed by atoms with Crippen molar-refractivity contribution in [3.63, 3.8) is 0 Å². The summed E-state index contributed by atoms with van der Waals surface area (Å²) in [4.78, 5) is 1.32. The van der Waals surface area contributed by atoms with Crippen LogP contribution in [0.4, 0.5) is 0 Å². The van der Waals surface area contributed by atoms with E-state index in [1.807, 2.05) is 6.92 Å². The lowest BCUT2D eigenvalue weighted by atomic mass is 10.3. The van der Waals surface area contributed by atoms with E-state index in [1.54, 1.807) is 18.4 Å². The Balaban J connectivity index is 2.53. The van der Waals surface area contributed by atoms with E-state index in [0.29, 0.717) is 6.04 Å². The molecule has 1 heterocycles. The van der Waals surface area contributed by atoms with E-state index in [1.165, 1.54) is 8.66 Å². The van der Waals surface area contributed by atoms with Gasteiger partial charge in [0, 0.05) is 18.0 Å². The minimum absolute atomic E-state index is 0.0934. The summed E-state index contributed by atoms with van der Waals surface area (Å²) in [5.74, 6) is 0. The third-order valence-electron chi connectivity index (χ3n) is 1.86. The third kappa shape index (κ3) is 3.38. The lowest BCUT2D eigenvalue weighted by Crippen LogP contribution is -2.29. The van der Waals surface area contributed by atoms with E-state index in [0.717, 1.165) is 0 Å². The molecule has 0 spiro atoms. The highest BCUT2D eigenvalue weighted by molar-refractivity contribution is 9.11. The van der Waals surface area contributed by atoms with Crippen LogP contribution in [-0.4, -0.2) is 13.3 Å². The average Bonchev–Trinajstić information content (AvgIpc) is 2.51. The van der Waals surface area contributed by atoms with Crippen molar-refractivity contribution in [1.82, 2.24) is 5.32 Å². The summed E-state index contributed by atoms with van der Waals surface area (Å²) >= 11 is 5.19. The van der Waals surface area contributed by atoms with Gasteiger partial charge in [0.15, 0.2) is 0 Å². The van der Waals surface area contributed by atoms with Crippen LogP contribution >= 0.6 is 27.3 Å². The van der Waals surface area contributed by atoms with Crippen LogP contribution in [0.1, 0.15) is 24.8 Å². The molecule has 2 nitrogen and oxygen atoms in total. The van der Waals surface area contributed by atoms with Crippen LogP contribution in [0.5, 0.6) is 0 Å². The molecule has 1 unspecified atom stereocenters. The maximum absolute atomic E-state index is 5.13. The van der Waals surface area contributed by atoms with Crippen LogP contribution in [0.3, 0.4) is 0 Å². The Hall–Kier alpha value is 0.1000. The van der Waals surface area contributed by atoms with Crippen molar-refractivity contribution in [3.8, 4) is 0 Å². The molecule has 0 radical (unpaired) electrons. The number of rotatable bonds is 4. The molecule has 0 amide bonds. The van der Waals surface area contributed by atoms with Gasteiger partial charge in [0.2, 0.25) is 0 Å². The number of hydrogen-bond donors (Lipinski definition) is 1. The maximum Gasteiger partial charge on any atom is 0.105 e. The zero-order valence-electron chi connectivity index (χ0n) is 8.00. The first-order chi connectivity index (χ1) is 6.13. The van der Waals surface area contributed by atoms with Gasteiger partial charge < -0.3 is 4.74 Å².